The van der Waals surface area contributed by atoms with Crippen molar-refractivity contribution in [1.29, 1.82) is 0 Å². The van der Waals surface area contributed by atoms with Crippen LogP contribution in [0.25, 0.3) is 0 Å². The quantitative estimate of drug-likeness (QED) is 0.346. The topological polar surface area (TPSA) is 104 Å². The zero-order chi connectivity index (χ0) is 23.3. The Morgan fingerprint density at radius 2 is 1.24 bits per heavy atom. The minimum atomic E-state index is -3.82. The average molecular weight is 478 g/mol. The molecule has 3 aromatic carbocycles. The van der Waals surface area contributed by atoms with Crippen molar-refractivity contribution in [2.24, 2.45) is 0 Å². The van der Waals surface area contributed by atoms with Gasteiger partial charge in [-0.1, -0.05) is 36.4 Å². The lowest BCUT2D eigenvalue weighted by Crippen LogP contribution is -2.17. The zero-order valence-corrected chi connectivity index (χ0v) is 18.8. The molecule has 0 saturated carbocycles. The Labute approximate surface area is 195 Å². The molecule has 0 saturated heterocycles. The smallest absolute Gasteiger partial charge is 0.267 e. The number of anilines is 3. The molecule has 0 aliphatic rings. The van der Waals surface area contributed by atoms with Crippen LogP contribution >= 0.6 is 11.3 Å². The van der Waals surface area contributed by atoms with E-state index in [0.29, 0.717) is 16.9 Å². The second-order valence-electron chi connectivity index (χ2n) is 6.93. The first-order chi connectivity index (χ1) is 15.9. The van der Waals surface area contributed by atoms with Gasteiger partial charge in [-0.2, -0.15) is 0 Å². The highest BCUT2D eigenvalue weighted by atomic mass is 32.2. The summed E-state index contributed by atoms with van der Waals surface area (Å²) in [6.07, 6.45) is 0. The number of hydrogen-bond acceptors (Lipinski definition) is 5. The van der Waals surface area contributed by atoms with E-state index >= 15 is 0 Å². The van der Waals surface area contributed by atoms with Crippen molar-refractivity contribution in [3.8, 4) is 0 Å². The number of amides is 2. The highest BCUT2D eigenvalue weighted by molar-refractivity contribution is 7.92. The summed E-state index contributed by atoms with van der Waals surface area (Å²) < 4.78 is 27.6. The van der Waals surface area contributed by atoms with Crippen molar-refractivity contribution in [3.05, 3.63) is 107 Å². The third-order valence-corrected chi connectivity index (χ3v) is 6.90. The van der Waals surface area contributed by atoms with Crippen LogP contribution in [0.5, 0.6) is 0 Å². The van der Waals surface area contributed by atoms with Crippen LogP contribution in [-0.2, 0) is 10.0 Å². The lowest BCUT2D eigenvalue weighted by molar-refractivity contribution is 0.102. The monoisotopic (exact) mass is 477 g/mol. The lowest BCUT2D eigenvalue weighted by atomic mass is 10.2. The standard InChI is InChI=1S/C24H19N3O4S2/c28-23(25-18-7-3-1-4-8-18)17-11-13-19(14-12-17)26-24(29)22-21(15-16-32-22)27-33(30,31)20-9-5-2-6-10-20/h1-16,27H,(H,25,28)(H,26,29). The van der Waals surface area contributed by atoms with E-state index in [2.05, 4.69) is 15.4 Å². The first-order valence-electron chi connectivity index (χ1n) is 9.85. The van der Waals surface area contributed by atoms with E-state index in [1.807, 2.05) is 18.2 Å². The lowest BCUT2D eigenvalue weighted by Gasteiger charge is -2.10. The molecule has 1 aromatic heterocycles. The Bertz CT molecular complexity index is 1370. The summed E-state index contributed by atoms with van der Waals surface area (Å²) in [5.74, 6) is -0.729. The predicted octanol–water partition coefficient (Wildman–Crippen LogP) is 5.05. The van der Waals surface area contributed by atoms with Gasteiger partial charge in [0, 0.05) is 16.9 Å². The largest absolute Gasteiger partial charge is 0.322 e. The Morgan fingerprint density at radius 1 is 0.667 bits per heavy atom. The molecule has 0 aliphatic carbocycles. The summed E-state index contributed by atoms with van der Waals surface area (Å²) in [5, 5.41) is 7.16. The highest BCUT2D eigenvalue weighted by Crippen LogP contribution is 2.26. The first-order valence-corrected chi connectivity index (χ1v) is 12.2. The molecule has 0 bridgehead atoms. The molecular formula is C24H19N3O4S2. The van der Waals surface area contributed by atoms with Gasteiger partial charge in [-0.15, -0.1) is 11.3 Å². The number of para-hydroxylation sites is 1. The van der Waals surface area contributed by atoms with Crippen LogP contribution in [0.4, 0.5) is 17.1 Å². The van der Waals surface area contributed by atoms with Gasteiger partial charge in [0.2, 0.25) is 0 Å². The number of hydrogen-bond donors (Lipinski definition) is 3. The maximum absolute atomic E-state index is 12.8. The van der Waals surface area contributed by atoms with E-state index < -0.39 is 15.9 Å². The van der Waals surface area contributed by atoms with E-state index in [1.54, 1.807) is 60.0 Å². The molecule has 166 valence electrons. The second kappa shape index (κ2) is 9.68. The maximum Gasteiger partial charge on any atom is 0.267 e. The number of thiophene rings is 1. The first kappa shape index (κ1) is 22.3. The van der Waals surface area contributed by atoms with Crippen molar-refractivity contribution in [3.63, 3.8) is 0 Å². The number of rotatable bonds is 7. The third-order valence-electron chi connectivity index (χ3n) is 4.61. The van der Waals surface area contributed by atoms with E-state index in [0.717, 1.165) is 11.3 Å². The second-order valence-corrected chi connectivity index (χ2v) is 9.53. The molecule has 9 heteroatoms. The van der Waals surface area contributed by atoms with Gasteiger partial charge >= 0.3 is 0 Å². The molecule has 33 heavy (non-hydrogen) atoms. The van der Waals surface area contributed by atoms with Crippen molar-refractivity contribution in [2.45, 2.75) is 4.90 Å². The summed E-state index contributed by atoms with van der Waals surface area (Å²) in [6.45, 7) is 0. The van der Waals surface area contributed by atoms with Gasteiger partial charge in [0.25, 0.3) is 21.8 Å². The van der Waals surface area contributed by atoms with Crippen molar-refractivity contribution in [2.75, 3.05) is 15.4 Å². The average Bonchev–Trinajstić information content (AvgIpc) is 3.28. The Morgan fingerprint density at radius 3 is 1.91 bits per heavy atom. The van der Waals surface area contributed by atoms with Crippen molar-refractivity contribution < 1.29 is 18.0 Å². The SMILES string of the molecule is O=C(Nc1ccccc1)c1ccc(NC(=O)c2sccc2NS(=O)(=O)c2ccccc2)cc1. The molecule has 0 aliphatic heterocycles. The molecule has 3 N–H and O–H groups in total. The van der Waals surface area contributed by atoms with E-state index in [1.165, 1.54) is 18.2 Å². The zero-order valence-electron chi connectivity index (χ0n) is 17.2. The van der Waals surface area contributed by atoms with Gasteiger partial charge in [-0.05, 0) is 60.0 Å². The number of carbonyl (C=O) groups excluding carboxylic acids is 2. The summed E-state index contributed by atoms with van der Waals surface area (Å²) in [6, 6.07) is 25.0. The molecule has 7 nitrogen and oxygen atoms in total. The van der Waals surface area contributed by atoms with Gasteiger partial charge in [-0.3, -0.25) is 14.3 Å². The van der Waals surface area contributed by atoms with Crippen LogP contribution in [-0.4, -0.2) is 20.2 Å². The molecule has 1 heterocycles. The molecule has 0 unspecified atom stereocenters. The molecule has 0 fully saturated rings. The summed E-state index contributed by atoms with van der Waals surface area (Å²) >= 11 is 1.12. The molecule has 0 atom stereocenters. The number of carbonyl (C=O) groups is 2. The van der Waals surface area contributed by atoms with Gasteiger partial charge in [0.1, 0.15) is 4.88 Å². The number of nitrogens with one attached hydrogen (secondary N) is 3. The molecule has 0 radical (unpaired) electrons. The summed E-state index contributed by atoms with van der Waals surface area (Å²) in [7, 11) is -3.82. The van der Waals surface area contributed by atoms with E-state index in [4.69, 9.17) is 0 Å². The predicted molar refractivity (Wildman–Crippen MR) is 130 cm³/mol. The van der Waals surface area contributed by atoms with E-state index in [9.17, 15) is 18.0 Å². The van der Waals surface area contributed by atoms with Gasteiger partial charge in [0.05, 0.1) is 10.6 Å². The van der Waals surface area contributed by atoms with E-state index in [-0.39, 0.29) is 21.4 Å². The van der Waals surface area contributed by atoms with Gasteiger partial charge < -0.3 is 10.6 Å². The highest BCUT2D eigenvalue weighted by Gasteiger charge is 2.20. The number of sulfonamides is 1. The minimum absolute atomic E-state index is 0.104. The summed E-state index contributed by atoms with van der Waals surface area (Å²) in [4.78, 5) is 25.5. The van der Waals surface area contributed by atoms with Crippen LogP contribution in [0.2, 0.25) is 0 Å². The number of benzene rings is 3. The minimum Gasteiger partial charge on any atom is -0.322 e. The molecule has 2 amide bonds. The molecule has 4 aromatic rings. The fraction of sp³-hybridized carbons (Fsp3) is 0. The Hall–Kier alpha value is -3.95. The van der Waals surface area contributed by atoms with Crippen LogP contribution in [0.1, 0.15) is 20.0 Å². The molecular weight excluding hydrogens is 458 g/mol. The Balaban J connectivity index is 1.43. The third kappa shape index (κ3) is 5.46. The summed E-state index contributed by atoms with van der Waals surface area (Å²) in [5.41, 5.74) is 1.79. The van der Waals surface area contributed by atoms with Crippen LogP contribution < -0.4 is 15.4 Å². The Kier molecular flexibility index (Phi) is 6.53. The van der Waals surface area contributed by atoms with Crippen molar-refractivity contribution >= 4 is 50.2 Å². The van der Waals surface area contributed by atoms with Crippen LogP contribution in [0.15, 0.2) is 101 Å². The fourth-order valence-electron chi connectivity index (χ4n) is 2.99. The van der Waals surface area contributed by atoms with Crippen molar-refractivity contribution in [1.82, 2.24) is 0 Å². The maximum atomic E-state index is 12.8. The fourth-order valence-corrected chi connectivity index (χ4v) is 4.89. The van der Waals surface area contributed by atoms with Crippen LogP contribution in [0, 0.1) is 0 Å². The van der Waals surface area contributed by atoms with Gasteiger partial charge in [0.15, 0.2) is 0 Å². The van der Waals surface area contributed by atoms with Crippen LogP contribution in [0.3, 0.4) is 0 Å². The molecule has 4 rings (SSSR count). The normalized spacial score (nSPS) is 10.9. The molecule has 0 spiro atoms. The van der Waals surface area contributed by atoms with Gasteiger partial charge in [-0.25, -0.2) is 8.42 Å².